The van der Waals surface area contributed by atoms with Crippen molar-refractivity contribution in [3.8, 4) is 0 Å². The molecule has 0 spiro atoms. The van der Waals surface area contributed by atoms with Gasteiger partial charge in [-0.2, -0.15) is 0 Å². The van der Waals surface area contributed by atoms with Gasteiger partial charge in [0.2, 0.25) is 5.91 Å². The van der Waals surface area contributed by atoms with Gasteiger partial charge in [0.15, 0.2) is 0 Å². The van der Waals surface area contributed by atoms with Gasteiger partial charge in [-0.3, -0.25) is 20.8 Å². The molecule has 0 aliphatic carbocycles. The molecule has 0 aliphatic rings. The number of amides is 1. The molecular weight excluding hydrogens is 262 g/mol. The first kappa shape index (κ1) is 15.7. The summed E-state index contributed by atoms with van der Waals surface area (Å²) < 4.78 is 0. The Morgan fingerprint density at radius 2 is 1.95 bits per heavy atom. The van der Waals surface area contributed by atoms with Crippen LogP contribution in [-0.4, -0.2) is 22.9 Å². The number of benzene rings is 1. The molecule has 0 unspecified atom stereocenters. The van der Waals surface area contributed by atoms with Gasteiger partial charge < -0.3 is 16.1 Å². The lowest BCUT2D eigenvalue weighted by atomic mass is 10.1. The van der Waals surface area contributed by atoms with E-state index in [1.807, 2.05) is 20.8 Å². The molecule has 5 N–H and O–H groups in total. The number of nitrogens with zero attached hydrogens (tertiary/aromatic N) is 1. The van der Waals surface area contributed by atoms with Gasteiger partial charge in [-0.1, -0.05) is 6.07 Å². The number of nitro groups is 1. The first-order valence-electron chi connectivity index (χ1n) is 6.03. The fraction of sp³-hybridized carbons (Fsp3) is 0.417. The third-order valence-electron chi connectivity index (χ3n) is 2.33. The van der Waals surface area contributed by atoms with Crippen LogP contribution in [-0.2, 0) is 4.79 Å². The van der Waals surface area contributed by atoms with Crippen molar-refractivity contribution in [3.05, 3.63) is 28.3 Å². The highest BCUT2D eigenvalue weighted by atomic mass is 16.6. The van der Waals surface area contributed by atoms with Gasteiger partial charge in [0, 0.05) is 5.54 Å². The Morgan fingerprint density at radius 1 is 1.35 bits per heavy atom. The lowest BCUT2D eigenvalue weighted by molar-refractivity contribution is -0.383. The molecule has 0 aliphatic heterocycles. The first-order chi connectivity index (χ1) is 9.24. The number of hydrogen-bond acceptors (Lipinski definition) is 6. The van der Waals surface area contributed by atoms with Crippen LogP contribution in [0.1, 0.15) is 20.8 Å². The Hall–Kier alpha value is -2.35. The van der Waals surface area contributed by atoms with Gasteiger partial charge in [-0.25, -0.2) is 0 Å². The van der Waals surface area contributed by atoms with Crippen LogP contribution in [0.15, 0.2) is 18.2 Å². The third kappa shape index (κ3) is 4.39. The average molecular weight is 281 g/mol. The summed E-state index contributed by atoms with van der Waals surface area (Å²) >= 11 is 0. The van der Waals surface area contributed by atoms with E-state index < -0.39 is 4.92 Å². The van der Waals surface area contributed by atoms with Crippen molar-refractivity contribution in [1.29, 1.82) is 0 Å². The van der Waals surface area contributed by atoms with Crippen molar-refractivity contribution in [2.45, 2.75) is 26.3 Å². The Bertz CT molecular complexity index is 510. The van der Waals surface area contributed by atoms with E-state index in [2.05, 4.69) is 16.1 Å². The molecule has 1 aromatic carbocycles. The smallest absolute Gasteiger partial charge is 0.316 e. The second-order valence-electron chi connectivity index (χ2n) is 5.25. The van der Waals surface area contributed by atoms with E-state index >= 15 is 0 Å². The maximum absolute atomic E-state index is 11.7. The van der Waals surface area contributed by atoms with Gasteiger partial charge >= 0.3 is 5.69 Å². The summed E-state index contributed by atoms with van der Waals surface area (Å²) in [4.78, 5) is 22.2. The van der Waals surface area contributed by atoms with E-state index in [-0.39, 0.29) is 35.1 Å². The minimum absolute atomic E-state index is 0.0634. The first-order valence-corrected chi connectivity index (χ1v) is 6.03. The largest absolute Gasteiger partial charge is 0.370 e. The van der Waals surface area contributed by atoms with Gasteiger partial charge in [0.05, 0.1) is 11.5 Å². The molecule has 1 aromatic rings. The van der Waals surface area contributed by atoms with Crippen LogP contribution in [0.5, 0.6) is 0 Å². The molecule has 0 aromatic heterocycles. The quantitative estimate of drug-likeness (QED) is 0.365. The number of rotatable bonds is 5. The number of hydrogen-bond donors (Lipinski definition) is 4. The fourth-order valence-electron chi connectivity index (χ4n) is 1.64. The molecule has 0 fully saturated rings. The third-order valence-corrected chi connectivity index (χ3v) is 2.33. The fourth-order valence-corrected chi connectivity index (χ4v) is 1.64. The maximum atomic E-state index is 11.7. The van der Waals surface area contributed by atoms with Crippen LogP contribution in [0.2, 0.25) is 0 Å². The molecule has 8 heteroatoms. The van der Waals surface area contributed by atoms with Crippen molar-refractivity contribution in [3.63, 3.8) is 0 Å². The maximum Gasteiger partial charge on any atom is 0.316 e. The average Bonchev–Trinajstić information content (AvgIpc) is 2.33. The Balaban J connectivity index is 2.83. The highest BCUT2D eigenvalue weighted by Gasteiger charge is 2.20. The zero-order chi connectivity index (χ0) is 15.3. The molecule has 20 heavy (non-hydrogen) atoms. The monoisotopic (exact) mass is 281 g/mol. The zero-order valence-electron chi connectivity index (χ0n) is 11.7. The zero-order valence-corrected chi connectivity index (χ0v) is 11.7. The predicted octanol–water partition coefficient (Wildman–Crippen LogP) is 1.21. The van der Waals surface area contributed by atoms with E-state index in [4.69, 9.17) is 5.84 Å². The molecule has 0 bridgehead atoms. The summed E-state index contributed by atoms with van der Waals surface area (Å²) in [5, 5.41) is 16.5. The molecule has 1 rings (SSSR count). The predicted molar refractivity (Wildman–Crippen MR) is 77.3 cm³/mol. The van der Waals surface area contributed by atoms with E-state index in [1.165, 1.54) is 12.1 Å². The molecule has 0 atom stereocenters. The Morgan fingerprint density at radius 3 is 2.45 bits per heavy atom. The summed E-state index contributed by atoms with van der Waals surface area (Å²) in [6.45, 7) is 5.50. The number of nitrogen functional groups attached to an aromatic ring is 1. The molecule has 0 saturated heterocycles. The van der Waals surface area contributed by atoms with Gasteiger partial charge in [0.1, 0.15) is 11.4 Å². The highest BCUT2D eigenvalue weighted by Crippen LogP contribution is 2.31. The molecule has 0 saturated carbocycles. The van der Waals surface area contributed by atoms with E-state index in [9.17, 15) is 14.9 Å². The van der Waals surface area contributed by atoms with Crippen molar-refractivity contribution < 1.29 is 9.72 Å². The summed E-state index contributed by atoms with van der Waals surface area (Å²) in [6.07, 6.45) is 0. The summed E-state index contributed by atoms with van der Waals surface area (Å²) in [7, 11) is 0. The van der Waals surface area contributed by atoms with Crippen LogP contribution < -0.4 is 21.9 Å². The molecule has 0 radical (unpaired) electrons. The molecule has 1 amide bonds. The van der Waals surface area contributed by atoms with Crippen molar-refractivity contribution in [1.82, 2.24) is 5.32 Å². The SMILES string of the molecule is CC(C)(C)NC(=O)CNc1cccc(NN)c1[N+](=O)[O-]. The minimum Gasteiger partial charge on any atom is -0.370 e. The number of anilines is 2. The van der Waals surface area contributed by atoms with Gasteiger partial charge in [-0.05, 0) is 32.9 Å². The lowest BCUT2D eigenvalue weighted by Crippen LogP contribution is -2.43. The number of hydrazine groups is 1. The highest BCUT2D eigenvalue weighted by molar-refractivity contribution is 5.84. The minimum atomic E-state index is -0.556. The van der Waals surface area contributed by atoms with E-state index in [0.29, 0.717) is 0 Å². The second-order valence-corrected chi connectivity index (χ2v) is 5.25. The van der Waals surface area contributed by atoms with Crippen LogP contribution in [0.3, 0.4) is 0 Å². The summed E-state index contributed by atoms with van der Waals surface area (Å²) in [5.41, 5.74) is 2.12. The van der Waals surface area contributed by atoms with Gasteiger partial charge in [-0.15, -0.1) is 0 Å². The Labute approximate surface area is 116 Å². The standard InChI is InChI=1S/C12H19N5O3/c1-12(2,3)15-10(18)7-14-8-5-4-6-9(16-13)11(8)17(19)20/h4-6,14,16H,7,13H2,1-3H3,(H,15,18). The molecular formula is C12H19N5O3. The summed E-state index contributed by atoms with van der Waals surface area (Å²) in [5.74, 6) is 4.98. The normalized spacial score (nSPS) is 10.8. The molecule has 8 nitrogen and oxygen atoms in total. The van der Waals surface area contributed by atoms with Crippen LogP contribution in [0, 0.1) is 10.1 Å². The molecule has 110 valence electrons. The number of carbonyl (C=O) groups excluding carboxylic acids is 1. The number of carbonyl (C=O) groups is 1. The number of para-hydroxylation sites is 1. The van der Waals surface area contributed by atoms with Crippen molar-refractivity contribution in [2.24, 2.45) is 5.84 Å². The topological polar surface area (TPSA) is 122 Å². The Kier molecular flexibility index (Phi) is 4.87. The van der Waals surface area contributed by atoms with Crippen LogP contribution >= 0.6 is 0 Å². The number of nitro benzene ring substituents is 1. The van der Waals surface area contributed by atoms with Crippen molar-refractivity contribution >= 4 is 23.0 Å². The number of nitrogens with two attached hydrogens (primary N) is 1. The van der Waals surface area contributed by atoms with Crippen LogP contribution in [0.4, 0.5) is 17.1 Å². The summed E-state index contributed by atoms with van der Waals surface area (Å²) in [6, 6.07) is 4.61. The lowest BCUT2D eigenvalue weighted by Gasteiger charge is -2.20. The van der Waals surface area contributed by atoms with Crippen LogP contribution in [0.25, 0.3) is 0 Å². The number of nitrogens with one attached hydrogen (secondary N) is 3. The van der Waals surface area contributed by atoms with E-state index in [1.54, 1.807) is 6.07 Å². The van der Waals surface area contributed by atoms with E-state index in [0.717, 1.165) is 0 Å². The van der Waals surface area contributed by atoms with Crippen molar-refractivity contribution in [2.75, 3.05) is 17.3 Å². The molecule has 0 heterocycles. The van der Waals surface area contributed by atoms with Gasteiger partial charge in [0.25, 0.3) is 0 Å². The second kappa shape index (κ2) is 6.20.